The number of alkyl halides is 1. The summed E-state index contributed by atoms with van der Waals surface area (Å²) in [5, 5.41) is 8.53. The van der Waals surface area contributed by atoms with E-state index in [1.807, 2.05) is 18.2 Å². The zero-order valence-corrected chi connectivity index (χ0v) is 9.81. The molecule has 0 aliphatic rings. The van der Waals surface area contributed by atoms with Crippen molar-refractivity contribution in [2.24, 2.45) is 0 Å². The minimum absolute atomic E-state index is 0.152. The van der Waals surface area contributed by atoms with Gasteiger partial charge in [0.05, 0.1) is 0 Å². The minimum atomic E-state index is -0.779. The van der Waals surface area contributed by atoms with E-state index in [2.05, 4.69) is 15.9 Å². The number of benzene rings is 1. The number of carbonyl (C=O) groups is 1. The van der Waals surface area contributed by atoms with E-state index in [0.717, 1.165) is 15.6 Å². The van der Waals surface area contributed by atoms with Crippen molar-refractivity contribution < 1.29 is 9.90 Å². The van der Waals surface area contributed by atoms with Gasteiger partial charge < -0.3 is 5.11 Å². The molecule has 0 aliphatic heterocycles. The number of aliphatic carboxylic acids is 1. The summed E-state index contributed by atoms with van der Waals surface area (Å²) in [6.45, 7) is 0. The normalized spacial score (nSPS) is 10.1. The molecule has 1 aromatic carbocycles. The molecule has 0 bridgehead atoms. The van der Waals surface area contributed by atoms with Gasteiger partial charge in [0.25, 0.3) is 0 Å². The van der Waals surface area contributed by atoms with E-state index in [9.17, 15) is 4.79 Å². The van der Waals surface area contributed by atoms with Gasteiger partial charge in [0.2, 0.25) is 0 Å². The van der Waals surface area contributed by atoms with Crippen LogP contribution in [0.15, 0.2) is 22.7 Å². The number of aryl methyl sites for hydroxylation is 1. The van der Waals surface area contributed by atoms with Crippen molar-refractivity contribution in [1.82, 2.24) is 0 Å². The van der Waals surface area contributed by atoms with E-state index >= 15 is 0 Å². The second-order valence-electron chi connectivity index (χ2n) is 2.95. The highest BCUT2D eigenvalue weighted by Crippen LogP contribution is 2.20. The van der Waals surface area contributed by atoms with Gasteiger partial charge in [-0.15, -0.1) is 11.6 Å². The topological polar surface area (TPSA) is 37.3 Å². The Kier molecular flexibility index (Phi) is 4.42. The monoisotopic (exact) mass is 276 g/mol. The van der Waals surface area contributed by atoms with E-state index < -0.39 is 5.97 Å². The predicted molar refractivity (Wildman–Crippen MR) is 59.7 cm³/mol. The molecule has 76 valence electrons. The number of hydrogen-bond acceptors (Lipinski definition) is 1. The lowest BCUT2D eigenvalue weighted by Crippen LogP contribution is -1.98. The van der Waals surface area contributed by atoms with Crippen molar-refractivity contribution in [2.75, 3.05) is 0 Å². The van der Waals surface area contributed by atoms with Crippen molar-refractivity contribution in [1.29, 1.82) is 0 Å². The molecule has 0 unspecified atom stereocenters. The van der Waals surface area contributed by atoms with Crippen LogP contribution >= 0.6 is 27.5 Å². The average molecular weight is 278 g/mol. The molecule has 14 heavy (non-hydrogen) atoms. The average Bonchev–Trinajstić information content (AvgIpc) is 2.15. The SMILES string of the molecule is O=C(O)CCc1ccc(CCl)cc1Br. The molecule has 1 aromatic rings. The Hall–Kier alpha value is -0.540. The van der Waals surface area contributed by atoms with E-state index in [4.69, 9.17) is 16.7 Å². The fraction of sp³-hybridized carbons (Fsp3) is 0.300. The summed E-state index contributed by atoms with van der Waals surface area (Å²) in [6, 6.07) is 5.74. The highest BCUT2D eigenvalue weighted by atomic mass is 79.9. The third kappa shape index (κ3) is 3.31. The van der Waals surface area contributed by atoms with Gasteiger partial charge in [-0.3, -0.25) is 4.79 Å². The van der Waals surface area contributed by atoms with Crippen molar-refractivity contribution in [3.63, 3.8) is 0 Å². The third-order valence-corrected chi connectivity index (χ3v) is 2.93. The zero-order chi connectivity index (χ0) is 10.6. The molecule has 1 rings (SSSR count). The van der Waals surface area contributed by atoms with Crippen molar-refractivity contribution in [3.05, 3.63) is 33.8 Å². The first-order chi connectivity index (χ1) is 6.63. The van der Waals surface area contributed by atoms with Gasteiger partial charge >= 0.3 is 5.97 Å². The molecule has 0 radical (unpaired) electrons. The van der Waals surface area contributed by atoms with Crippen LogP contribution in [0.4, 0.5) is 0 Å². The number of carboxylic acid groups (broad SMARTS) is 1. The Labute approximate surface area is 96.0 Å². The summed E-state index contributed by atoms with van der Waals surface area (Å²) in [5.74, 6) is -0.309. The van der Waals surface area contributed by atoms with Crippen LogP contribution in [-0.2, 0) is 17.1 Å². The molecule has 0 saturated heterocycles. The van der Waals surface area contributed by atoms with Crippen LogP contribution in [0.3, 0.4) is 0 Å². The highest BCUT2D eigenvalue weighted by molar-refractivity contribution is 9.10. The summed E-state index contributed by atoms with van der Waals surface area (Å²) >= 11 is 9.05. The standard InChI is InChI=1S/C10H10BrClO2/c11-9-5-7(6-12)1-2-8(9)3-4-10(13)14/h1-2,5H,3-4,6H2,(H,13,14). The fourth-order valence-electron chi connectivity index (χ4n) is 1.12. The molecule has 0 atom stereocenters. The van der Waals surface area contributed by atoms with Gasteiger partial charge in [-0.25, -0.2) is 0 Å². The Bertz CT molecular complexity index is 339. The minimum Gasteiger partial charge on any atom is -0.481 e. The van der Waals surface area contributed by atoms with Gasteiger partial charge in [0.15, 0.2) is 0 Å². The molecule has 0 aliphatic carbocycles. The van der Waals surface area contributed by atoms with Crippen LogP contribution in [0.25, 0.3) is 0 Å². The van der Waals surface area contributed by atoms with Crippen LogP contribution in [-0.4, -0.2) is 11.1 Å². The number of halogens is 2. The van der Waals surface area contributed by atoms with Gasteiger partial charge in [-0.05, 0) is 23.6 Å². The van der Waals surface area contributed by atoms with Gasteiger partial charge in [0.1, 0.15) is 0 Å². The maximum atomic E-state index is 10.4. The number of carboxylic acids is 1. The molecule has 4 heteroatoms. The molecule has 0 spiro atoms. The summed E-state index contributed by atoms with van der Waals surface area (Å²) in [6.07, 6.45) is 0.692. The Morgan fingerprint density at radius 1 is 1.50 bits per heavy atom. The van der Waals surface area contributed by atoms with Gasteiger partial charge in [0, 0.05) is 16.8 Å². The van der Waals surface area contributed by atoms with Crippen molar-refractivity contribution >= 4 is 33.5 Å². The quantitative estimate of drug-likeness (QED) is 0.858. The first-order valence-corrected chi connectivity index (χ1v) is 5.51. The first kappa shape index (κ1) is 11.5. The maximum absolute atomic E-state index is 10.4. The first-order valence-electron chi connectivity index (χ1n) is 4.18. The van der Waals surface area contributed by atoms with Crippen LogP contribution in [0, 0.1) is 0 Å². The molecule has 2 nitrogen and oxygen atoms in total. The van der Waals surface area contributed by atoms with E-state index in [-0.39, 0.29) is 6.42 Å². The molecule has 1 N–H and O–H groups in total. The number of hydrogen-bond donors (Lipinski definition) is 1. The largest absolute Gasteiger partial charge is 0.481 e. The molecule has 0 heterocycles. The number of rotatable bonds is 4. The molecule has 0 aromatic heterocycles. The second-order valence-corrected chi connectivity index (χ2v) is 4.07. The van der Waals surface area contributed by atoms with Gasteiger partial charge in [-0.2, -0.15) is 0 Å². The predicted octanol–water partition coefficient (Wildman–Crippen LogP) is 3.21. The summed E-state index contributed by atoms with van der Waals surface area (Å²) in [7, 11) is 0. The molecule has 0 fully saturated rings. The van der Waals surface area contributed by atoms with Crippen molar-refractivity contribution in [2.45, 2.75) is 18.7 Å². The fourth-order valence-corrected chi connectivity index (χ4v) is 1.91. The van der Waals surface area contributed by atoms with Crippen LogP contribution in [0.1, 0.15) is 17.5 Å². The zero-order valence-electron chi connectivity index (χ0n) is 7.46. The second kappa shape index (κ2) is 5.37. The van der Waals surface area contributed by atoms with E-state index in [1.54, 1.807) is 0 Å². The smallest absolute Gasteiger partial charge is 0.303 e. The Balaban J connectivity index is 2.73. The molecular weight excluding hydrogens is 267 g/mol. The van der Waals surface area contributed by atoms with Crippen molar-refractivity contribution in [3.8, 4) is 0 Å². The van der Waals surface area contributed by atoms with E-state index in [1.165, 1.54) is 0 Å². The third-order valence-electron chi connectivity index (χ3n) is 1.88. The van der Waals surface area contributed by atoms with Crippen LogP contribution in [0.2, 0.25) is 0 Å². The lowest BCUT2D eigenvalue weighted by Gasteiger charge is -2.04. The molecule has 0 saturated carbocycles. The molecule has 0 amide bonds. The van der Waals surface area contributed by atoms with Crippen LogP contribution in [0.5, 0.6) is 0 Å². The van der Waals surface area contributed by atoms with Gasteiger partial charge in [-0.1, -0.05) is 28.1 Å². The van der Waals surface area contributed by atoms with Crippen LogP contribution < -0.4 is 0 Å². The lowest BCUT2D eigenvalue weighted by atomic mass is 10.1. The summed E-state index contributed by atoms with van der Waals surface area (Å²) in [5.41, 5.74) is 2.03. The van der Waals surface area contributed by atoms with E-state index in [0.29, 0.717) is 12.3 Å². The molecular formula is C10H10BrClO2. The summed E-state index contributed by atoms with van der Waals surface area (Å²) in [4.78, 5) is 10.4. The Morgan fingerprint density at radius 3 is 2.71 bits per heavy atom. The Morgan fingerprint density at radius 2 is 2.21 bits per heavy atom. The maximum Gasteiger partial charge on any atom is 0.303 e. The summed E-state index contributed by atoms with van der Waals surface area (Å²) < 4.78 is 0.928. The lowest BCUT2D eigenvalue weighted by molar-refractivity contribution is -0.136. The highest BCUT2D eigenvalue weighted by Gasteiger charge is 2.03.